The number of rotatable bonds is 5. The smallest absolute Gasteiger partial charge is 0.333 e. The van der Waals surface area contributed by atoms with E-state index in [4.69, 9.17) is 4.74 Å². The van der Waals surface area contributed by atoms with Gasteiger partial charge < -0.3 is 24.8 Å². The Balaban J connectivity index is 1.62. The van der Waals surface area contributed by atoms with E-state index in [0.717, 1.165) is 36.9 Å². The number of likely N-dealkylation sites (N-methyl/N-ethyl adjacent to an activating group) is 1. The molecule has 0 bridgehead atoms. The van der Waals surface area contributed by atoms with E-state index in [1.165, 1.54) is 13.4 Å². The summed E-state index contributed by atoms with van der Waals surface area (Å²) in [7, 11) is 3.49. The average Bonchev–Trinajstić information content (AvgIpc) is 2.80. The summed E-state index contributed by atoms with van der Waals surface area (Å²) in [6.07, 6.45) is 2.46. The minimum absolute atomic E-state index is 0.232. The zero-order chi connectivity index (χ0) is 22.7. The largest absolute Gasteiger partial charge is 0.495 e. The molecule has 1 aromatic carbocycles. The van der Waals surface area contributed by atoms with Crippen molar-refractivity contribution < 1.29 is 9.53 Å². The first-order valence-corrected chi connectivity index (χ1v) is 10.0. The Bertz CT molecular complexity index is 1250. The Morgan fingerprint density at radius 1 is 1.12 bits per heavy atom. The third kappa shape index (κ3) is 4.23. The molecule has 1 aliphatic rings. The molecule has 3 heterocycles. The first-order valence-electron chi connectivity index (χ1n) is 10.0. The number of benzene rings is 1. The summed E-state index contributed by atoms with van der Waals surface area (Å²) in [5.41, 5.74) is -1.47. The van der Waals surface area contributed by atoms with Crippen LogP contribution >= 0.6 is 0 Å². The molecular weight excluding hydrogens is 414 g/mol. The fourth-order valence-electron chi connectivity index (χ4n) is 3.48. The fraction of sp³-hybridized carbons (Fsp3) is 0.286. The lowest BCUT2D eigenvalue weighted by molar-refractivity contribution is 0.102. The van der Waals surface area contributed by atoms with Crippen molar-refractivity contribution in [3.05, 3.63) is 69.3 Å². The molecule has 4 rings (SSSR count). The van der Waals surface area contributed by atoms with E-state index >= 15 is 0 Å². The van der Waals surface area contributed by atoms with Crippen LogP contribution in [0, 0.1) is 0 Å². The zero-order valence-electron chi connectivity index (χ0n) is 17.7. The van der Waals surface area contributed by atoms with E-state index in [9.17, 15) is 14.4 Å². The molecular formula is C21H23N7O4. The van der Waals surface area contributed by atoms with Crippen molar-refractivity contribution in [2.75, 3.05) is 50.6 Å². The maximum absolute atomic E-state index is 13.0. The Hall–Kier alpha value is -3.99. The number of hydrogen-bond donors (Lipinski definition) is 2. The number of H-pyrrole nitrogens is 1. The molecule has 0 saturated carbocycles. The fourth-order valence-corrected chi connectivity index (χ4v) is 3.48. The molecule has 0 atom stereocenters. The molecule has 0 radical (unpaired) electrons. The highest BCUT2D eigenvalue weighted by atomic mass is 16.5. The van der Waals surface area contributed by atoms with Gasteiger partial charge in [-0.3, -0.25) is 9.59 Å². The highest BCUT2D eigenvalue weighted by Crippen LogP contribution is 2.19. The van der Waals surface area contributed by atoms with Gasteiger partial charge in [-0.1, -0.05) is 12.1 Å². The topological polar surface area (TPSA) is 125 Å². The van der Waals surface area contributed by atoms with Gasteiger partial charge in [-0.25, -0.2) is 19.3 Å². The number of piperazine rings is 1. The third-order valence-electron chi connectivity index (χ3n) is 5.27. The van der Waals surface area contributed by atoms with Gasteiger partial charge in [0.15, 0.2) is 0 Å². The van der Waals surface area contributed by atoms with Crippen molar-refractivity contribution in [1.29, 1.82) is 0 Å². The lowest BCUT2D eigenvalue weighted by Gasteiger charge is -2.33. The monoisotopic (exact) mass is 437 g/mol. The molecule has 32 heavy (non-hydrogen) atoms. The second-order valence-corrected chi connectivity index (χ2v) is 7.33. The molecule has 1 aliphatic heterocycles. The Kier molecular flexibility index (Phi) is 5.99. The minimum atomic E-state index is -0.774. The molecule has 11 heteroatoms. The van der Waals surface area contributed by atoms with Gasteiger partial charge in [0.05, 0.1) is 12.8 Å². The number of carbonyl (C=O) groups excluding carboxylic acids is 1. The van der Waals surface area contributed by atoms with Crippen LogP contribution in [0.15, 0.2) is 52.4 Å². The number of aromatic amines is 1. The van der Waals surface area contributed by atoms with Gasteiger partial charge in [-0.15, -0.1) is 0 Å². The van der Waals surface area contributed by atoms with Gasteiger partial charge in [-0.2, -0.15) is 0 Å². The van der Waals surface area contributed by atoms with Crippen LogP contribution in [0.25, 0.3) is 5.69 Å². The summed E-state index contributed by atoms with van der Waals surface area (Å²) in [5, 5.41) is 2.62. The van der Waals surface area contributed by atoms with E-state index in [2.05, 4.69) is 37.1 Å². The number of amides is 1. The number of anilines is 2. The molecule has 1 saturated heterocycles. The van der Waals surface area contributed by atoms with E-state index in [0.29, 0.717) is 11.6 Å². The quantitative estimate of drug-likeness (QED) is 0.585. The molecule has 3 aromatic rings. The molecule has 0 unspecified atom stereocenters. The van der Waals surface area contributed by atoms with Gasteiger partial charge in [-0.05, 0) is 19.2 Å². The summed E-state index contributed by atoms with van der Waals surface area (Å²) < 4.78 is 6.11. The number of methoxy groups -OCH3 is 1. The predicted octanol–water partition coefficient (Wildman–Crippen LogP) is 0.329. The molecule has 2 N–H and O–H groups in total. The third-order valence-corrected chi connectivity index (χ3v) is 5.27. The SMILES string of the molecule is COc1ccccc1-n1c(=O)[nH]cc(C(=O)Nc2cc(N3CCN(C)CC3)ncn2)c1=O. The number of hydrogen-bond acceptors (Lipinski definition) is 8. The van der Waals surface area contributed by atoms with Crippen LogP contribution in [0.4, 0.5) is 11.6 Å². The van der Waals surface area contributed by atoms with Crippen LogP contribution in [0.1, 0.15) is 10.4 Å². The molecule has 11 nitrogen and oxygen atoms in total. The zero-order valence-corrected chi connectivity index (χ0v) is 17.7. The molecule has 2 aromatic heterocycles. The number of nitrogens with one attached hydrogen (secondary N) is 2. The van der Waals surface area contributed by atoms with Gasteiger partial charge in [0.2, 0.25) is 0 Å². The predicted molar refractivity (Wildman–Crippen MR) is 119 cm³/mol. The molecule has 166 valence electrons. The van der Waals surface area contributed by atoms with Crippen molar-refractivity contribution in [1.82, 2.24) is 24.4 Å². The van der Waals surface area contributed by atoms with E-state index < -0.39 is 17.2 Å². The first kappa shape index (κ1) is 21.2. The Labute approximate surface area is 183 Å². The molecule has 0 spiro atoms. The second-order valence-electron chi connectivity index (χ2n) is 7.33. The second kappa shape index (κ2) is 9.02. The van der Waals surface area contributed by atoms with Crippen molar-refractivity contribution in [2.24, 2.45) is 0 Å². The molecule has 1 amide bonds. The first-order chi connectivity index (χ1) is 15.5. The van der Waals surface area contributed by atoms with Gasteiger partial charge >= 0.3 is 5.69 Å². The number of carbonyl (C=O) groups is 1. The number of para-hydroxylation sites is 2. The van der Waals surface area contributed by atoms with Gasteiger partial charge in [0.1, 0.15) is 29.3 Å². The minimum Gasteiger partial charge on any atom is -0.495 e. The van der Waals surface area contributed by atoms with E-state index in [1.54, 1.807) is 30.3 Å². The summed E-state index contributed by atoms with van der Waals surface area (Å²) >= 11 is 0. The van der Waals surface area contributed by atoms with Crippen LogP contribution < -0.4 is 26.2 Å². The van der Waals surface area contributed by atoms with E-state index in [1.807, 2.05) is 0 Å². The summed E-state index contributed by atoms with van der Waals surface area (Å²) in [5.74, 6) is 0.577. The van der Waals surface area contributed by atoms with Crippen molar-refractivity contribution in [3.63, 3.8) is 0 Å². The average molecular weight is 437 g/mol. The maximum Gasteiger partial charge on any atom is 0.333 e. The van der Waals surface area contributed by atoms with E-state index in [-0.39, 0.29) is 17.1 Å². The number of aromatic nitrogens is 4. The highest BCUT2D eigenvalue weighted by Gasteiger charge is 2.20. The van der Waals surface area contributed by atoms with Crippen LogP contribution in [0.3, 0.4) is 0 Å². The lowest BCUT2D eigenvalue weighted by atomic mass is 10.2. The van der Waals surface area contributed by atoms with Crippen LogP contribution in [-0.4, -0.2) is 70.7 Å². The van der Waals surface area contributed by atoms with Crippen molar-refractivity contribution in [3.8, 4) is 11.4 Å². The number of ether oxygens (including phenoxy) is 1. The van der Waals surface area contributed by atoms with Crippen LogP contribution in [0.5, 0.6) is 5.75 Å². The summed E-state index contributed by atoms with van der Waals surface area (Å²) in [4.78, 5) is 53.4. The van der Waals surface area contributed by atoms with Crippen molar-refractivity contribution in [2.45, 2.75) is 0 Å². The molecule has 0 aliphatic carbocycles. The Morgan fingerprint density at radius 3 is 2.62 bits per heavy atom. The van der Waals surface area contributed by atoms with Crippen molar-refractivity contribution >= 4 is 17.5 Å². The number of nitrogens with zero attached hydrogens (tertiary/aromatic N) is 5. The summed E-state index contributed by atoms with van der Waals surface area (Å²) in [6, 6.07) is 8.22. The Morgan fingerprint density at radius 2 is 1.88 bits per heavy atom. The summed E-state index contributed by atoms with van der Waals surface area (Å²) in [6.45, 7) is 3.44. The van der Waals surface area contributed by atoms with Gasteiger partial charge in [0.25, 0.3) is 11.5 Å². The van der Waals surface area contributed by atoms with Gasteiger partial charge in [0, 0.05) is 38.4 Å². The highest BCUT2D eigenvalue weighted by molar-refractivity contribution is 6.03. The maximum atomic E-state index is 13.0. The standard InChI is InChI=1S/C21H23N7O4/c1-26-7-9-27(10-8-26)18-11-17(23-13-24-18)25-19(29)14-12-22-21(31)28(20(14)30)15-5-3-4-6-16(15)32-2/h3-6,11-13H,7-10H2,1-2H3,(H,22,31)(H,23,24,25,29). The lowest BCUT2D eigenvalue weighted by Crippen LogP contribution is -2.44. The molecule has 1 fully saturated rings. The normalized spacial score (nSPS) is 14.2. The van der Waals surface area contributed by atoms with Crippen LogP contribution in [0.2, 0.25) is 0 Å². The van der Waals surface area contributed by atoms with Crippen LogP contribution in [-0.2, 0) is 0 Å².